The smallest absolute Gasteiger partial charge is 0.164 e. The molecule has 0 saturated heterocycles. The highest BCUT2D eigenvalue weighted by Gasteiger charge is 2.37. The number of fused-ring (bicyclic) bond motifs is 7. The summed E-state index contributed by atoms with van der Waals surface area (Å²) in [6, 6.07) is 74.8. The topological polar surface area (TPSA) is 56.5 Å². The van der Waals surface area contributed by atoms with Crippen LogP contribution < -0.4 is 0 Å². The SMILES string of the molecule is CC1(C)c2ccccc2-c2c1ccc1c3ccccc3n(-c3ccc(-c4nc(-c5ccccc5)nc(-c5ccccc5)n4)cc3-c3cc(-c4ccccc4)cc(-c4ccccc4)n3)c21. The van der Waals surface area contributed by atoms with Crippen LogP contribution in [-0.2, 0) is 5.41 Å². The third-order valence-electron chi connectivity index (χ3n) is 12.9. The molecule has 1 aliphatic carbocycles. The molecule has 11 aromatic rings. The monoisotopic (exact) mass is 819 g/mol. The Morgan fingerprint density at radius 1 is 0.359 bits per heavy atom. The lowest BCUT2D eigenvalue weighted by Crippen LogP contribution is -2.14. The molecule has 3 heterocycles. The van der Waals surface area contributed by atoms with E-state index in [2.05, 4.69) is 170 Å². The van der Waals surface area contributed by atoms with E-state index in [0.717, 1.165) is 61.5 Å². The molecule has 0 radical (unpaired) electrons. The van der Waals surface area contributed by atoms with E-state index in [-0.39, 0.29) is 5.41 Å². The average Bonchev–Trinajstić information content (AvgIpc) is 3.82. The number of aromatic nitrogens is 5. The Bertz CT molecular complexity index is 3440. The number of rotatable bonds is 7. The molecule has 0 bridgehead atoms. The van der Waals surface area contributed by atoms with Crippen LogP contribution in [0, 0.1) is 0 Å². The summed E-state index contributed by atoms with van der Waals surface area (Å²) in [5, 5.41) is 2.41. The molecule has 0 N–H and O–H groups in total. The molecule has 0 atom stereocenters. The summed E-state index contributed by atoms with van der Waals surface area (Å²) < 4.78 is 2.48. The van der Waals surface area contributed by atoms with E-state index in [1.807, 2.05) is 60.7 Å². The number of nitrogens with zero attached hydrogens (tertiary/aromatic N) is 5. The molecule has 0 unspecified atom stereocenters. The van der Waals surface area contributed by atoms with Crippen LogP contribution in [-0.4, -0.2) is 24.5 Å². The molecular formula is C59H41N5. The van der Waals surface area contributed by atoms with E-state index in [9.17, 15) is 0 Å². The molecule has 64 heavy (non-hydrogen) atoms. The number of hydrogen-bond acceptors (Lipinski definition) is 4. The molecule has 5 heteroatoms. The second kappa shape index (κ2) is 15.0. The summed E-state index contributed by atoms with van der Waals surface area (Å²) in [7, 11) is 0. The largest absolute Gasteiger partial charge is 0.308 e. The molecule has 12 rings (SSSR count). The Hall–Kier alpha value is -8.28. The van der Waals surface area contributed by atoms with Gasteiger partial charge in [0.1, 0.15) is 0 Å². The second-order valence-corrected chi connectivity index (χ2v) is 17.0. The van der Waals surface area contributed by atoms with Gasteiger partial charge in [-0.3, -0.25) is 0 Å². The van der Waals surface area contributed by atoms with Gasteiger partial charge in [-0.2, -0.15) is 0 Å². The number of para-hydroxylation sites is 1. The lowest BCUT2D eigenvalue weighted by Gasteiger charge is -2.21. The van der Waals surface area contributed by atoms with E-state index >= 15 is 0 Å². The molecule has 1 aliphatic rings. The zero-order chi connectivity index (χ0) is 42.8. The Morgan fingerprint density at radius 3 is 1.58 bits per heavy atom. The van der Waals surface area contributed by atoms with Crippen LogP contribution >= 0.6 is 0 Å². The minimum absolute atomic E-state index is 0.171. The van der Waals surface area contributed by atoms with Gasteiger partial charge in [0.25, 0.3) is 0 Å². The quantitative estimate of drug-likeness (QED) is 0.161. The fourth-order valence-electron chi connectivity index (χ4n) is 9.73. The standard InChI is InChI=1S/C59H41N5/c1-59(2)48-29-17-15-28-46(48)54-49(59)33-32-45-44-27-16-18-30-52(44)64(55(45)54)53-34-31-42(58-62-56(40-23-11-5-12-24-40)61-57(63-58)41-25-13-6-14-26-41)35-47(53)51-37-43(38-19-7-3-8-20-38)36-50(60-51)39-21-9-4-10-22-39/h3-37H,1-2H3. The van der Waals surface area contributed by atoms with E-state index in [0.29, 0.717) is 17.5 Å². The summed E-state index contributed by atoms with van der Waals surface area (Å²) in [5.74, 6) is 1.82. The van der Waals surface area contributed by atoms with E-state index in [1.54, 1.807) is 0 Å². The van der Waals surface area contributed by atoms with Crippen molar-refractivity contribution in [3.8, 4) is 84.6 Å². The molecule has 0 fully saturated rings. The van der Waals surface area contributed by atoms with Crippen LogP contribution in [0.5, 0.6) is 0 Å². The molecule has 5 nitrogen and oxygen atoms in total. The van der Waals surface area contributed by atoms with Crippen LogP contribution in [0.15, 0.2) is 212 Å². The van der Waals surface area contributed by atoms with Gasteiger partial charge in [0.2, 0.25) is 0 Å². The molecule has 302 valence electrons. The molecular weight excluding hydrogens is 779 g/mol. The van der Waals surface area contributed by atoms with Crippen molar-refractivity contribution in [2.75, 3.05) is 0 Å². The molecule has 0 aliphatic heterocycles. The van der Waals surface area contributed by atoms with Crippen molar-refractivity contribution in [3.63, 3.8) is 0 Å². The number of hydrogen-bond donors (Lipinski definition) is 0. The third-order valence-corrected chi connectivity index (χ3v) is 12.9. The van der Waals surface area contributed by atoms with Gasteiger partial charge in [0.05, 0.1) is 28.1 Å². The molecule has 0 amide bonds. The maximum absolute atomic E-state index is 5.56. The van der Waals surface area contributed by atoms with Crippen molar-refractivity contribution < 1.29 is 0 Å². The van der Waals surface area contributed by atoms with E-state index < -0.39 is 0 Å². The van der Waals surface area contributed by atoms with Gasteiger partial charge < -0.3 is 4.57 Å². The Morgan fingerprint density at radius 2 is 0.906 bits per heavy atom. The zero-order valence-electron chi connectivity index (χ0n) is 35.4. The Kier molecular flexibility index (Phi) is 8.76. The van der Waals surface area contributed by atoms with Gasteiger partial charge in [0.15, 0.2) is 17.5 Å². The van der Waals surface area contributed by atoms with Crippen LogP contribution in [0.3, 0.4) is 0 Å². The third kappa shape index (κ3) is 6.16. The van der Waals surface area contributed by atoms with Crippen LogP contribution in [0.4, 0.5) is 0 Å². The van der Waals surface area contributed by atoms with Gasteiger partial charge >= 0.3 is 0 Å². The van der Waals surface area contributed by atoms with Crippen molar-refractivity contribution in [2.45, 2.75) is 19.3 Å². The first-order valence-corrected chi connectivity index (χ1v) is 21.8. The average molecular weight is 820 g/mol. The van der Waals surface area contributed by atoms with Gasteiger partial charge in [0, 0.05) is 49.6 Å². The predicted molar refractivity (Wildman–Crippen MR) is 262 cm³/mol. The van der Waals surface area contributed by atoms with Crippen molar-refractivity contribution in [1.82, 2.24) is 24.5 Å². The van der Waals surface area contributed by atoms with Crippen LogP contribution in [0.2, 0.25) is 0 Å². The highest BCUT2D eigenvalue weighted by atomic mass is 15.0. The van der Waals surface area contributed by atoms with E-state index in [1.165, 1.54) is 38.5 Å². The minimum atomic E-state index is -0.171. The summed E-state index contributed by atoms with van der Waals surface area (Å²) in [6.07, 6.45) is 0. The zero-order valence-corrected chi connectivity index (χ0v) is 35.4. The second-order valence-electron chi connectivity index (χ2n) is 17.0. The summed E-state index contributed by atoms with van der Waals surface area (Å²) in [6.45, 7) is 4.70. The minimum Gasteiger partial charge on any atom is -0.308 e. The highest BCUT2D eigenvalue weighted by Crippen LogP contribution is 2.53. The molecule has 0 spiro atoms. The maximum Gasteiger partial charge on any atom is 0.164 e. The number of pyridine rings is 1. The fourth-order valence-corrected chi connectivity index (χ4v) is 9.73. The first-order chi connectivity index (χ1) is 31.5. The maximum atomic E-state index is 5.56. The highest BCUT2D eigenvalue weighted by molar-refractivity contribution is 6.16. The van der Waals surface area contributed by atoms with Crippen molar-refractivity contribution in [3.05, 3.63) is 223 Å². The van der Waals surface area contributed by atoms with Crippen LogP contribution in [0.25, 0.3) is 106 Å². The fraction of sp³-hybridized carbons (Fsp3) is 0.0508. The van der Waals surface area contributed by atoms with Gasteiger partial charge in [-0.25, -0.2) is 19.9 Å². The summed E-state index contributed by atoms with van der Waals surface area (Å²) in [4.78, 5) is 21.0. The van der Waals surface area contributed by atoms with Gasteiger partial charge in [-0.1, -0.05) is 190 Å². The van der Waals surface area contributed by atoms with Gasteiger partial charge in [-0.05, 0) is 64.2 Å². The Balaban J connectivity index is 1.19. The van der Waals surface area contributed by atoms with Crippen LogP contribution in [0.1, 0.15) is 25.0 Å². The van der Waals surface area contributed by atoms with Crippen molar-refractivity contribution in [2.24, 2.45) is 0 Å². The number of benzene rings is 8. The molecule has 0 saturated carbocycles. The van der Waals surface area contributed by atoms with Crippen molar-refractivity contribution in [1.29, 1.82) is 0 Å². The predicted octanol–water partition coefficient (Wildman–Crippen LogP) is 14.7. The van der Waals surface area contributed by atoms with E-state index in [4.69, 9.17) is 19.9 Å². The van der Waals surface area contributed by atoms with Gasteiger partial charge in [-0.15, -0.1) is 0 Å². The summed E-state index contributed by atoms with van der Waals surface area (Å²) in [5.41, 5.74) is 17.0. The molecule has 8 aromatic carbocycles. The first-order valence-electron chi connectivity index (χ1n) is 21.8. The lowest BCUT2D eigenvalue weighted by atomic mass is 9.82. The first kappa shape index (κ1) is 37.5. The van der Waals surface area contributed by atoms with Crippen molar-refractivity contribution >= 4 is 21.8 Å². The molecule has 3 aromatic heterocycles. The summed E-state index contributed by atoms with van der Waals surface area (Å²) >= 11 is 0. The Labute approximate surface area is 372 Å². The normalized spacial score (nSPS) is 12.7. The lowest BCUT2D eigenvalue weighted by molar-refractivity contribution is 0.661.